The van der Waals surface area contributed by atoms with Gasteiger partial charge in [0.1, 0.15) is 0 Å². The van der Waals surface area contributed by atoms with Crippen molar-refractivity contribution >= 4 is 15.9 Å². The number of pyridine rings is 1. The minimum atomic E-state index is 0.160. The van der Waals surface area contributed by atoms with E-state index in [1.807, 2.05) is 18.3 Å². The zero-order valence-corrected chi connectivity index (χ0v) is 12.7. The molecule has 1 heterocycles. The monoisotopic (exact) mass is 318 g/mol. The summed E-state index contributed by atoms with van der Waals surface area (Å²) in [6.07, 6.45) is 4.68. The summed E-state index contributed by atoms with van der Waals surface area (Å²) >= 11 is 3.39. The molecule has 0 bridgehead atoms. The van der Waals surface area contributed by atoms with Crippen LogP contribution in [0.5, 0.6) is 0 Å². The number of halogens is 1. The van der Waals surface area contributed by atoms with Crippen LogP contribution >= 0.6 is 15.9 Å². The van der Waals surface area contributed by atoms with Crippen LogP contribution in [-0.2, 0) is 12.8 Å². The lowest BCUT2D eigenvalue weighted by molar-refractivity contribution is 0.602. The van der Waals surface area contributed by atoms with Crippen LogP contribution in [0.3, 0.4) is 0 Å². The van der Waals surface area contributed by atoms with E-state index >= 15 is 0 Å². The van der Waals surface area contributed by atoms with Crippen molar-refractivity contribution in [3.05, 3.63) is 63.9 Å². The van der Waals surface area contributed by atoms with Gasteiger partial charge in [-0.1, -0.05) is 24.3 Å². The van der Waals surface area contributed by atoms with Gasteiger partial charge in [0.2, 0.25) is 0 Å². The number of nitrogens with two attached hydrogens (primary N) is 1. The molecule has 2 nitrogen and oxygen atoms in total. The predicted octanol–water partition coefficient (Wildman–Crippen LogP) is 3.66. The van der Waals surface area contributed by atoms with E-state index in [4.69, 9.17) is 5.73 Å². The Hall–Kier alpha value is -1.19. The minimum Gasteiger partial charge on any atom is -0.327 e. The normalized spacial score (nSPS) is 12.4. The maximum Gasteiger partial charge on any atom is 0.0419 e. The lowest BCUT2D eigenvalue weighted by Gasteiger charge is -2.12. The van der Waals surface area contributed by atoms with Crippen LogP contribution in [-0.4, -0.2) is 11.0 Å². The number of nitrogens with zero attached hydrogens (tertiary/aromatic N) is 1. The molecular weight excluding hydrogens is 300 g/mol. The minimum absolute atomic E-state index is 0.160. The predicted molar refractivity (Wildman–Crippen MR) is 83.1 cm³/mol. The summed E-state index contributed by atoms with van der Waals surface area (Å²) in [6.45, 7) is 2.15. The molecule has 2 N–H and O–H groups in total. The first-order valence-electron chi connectivity index (χ1n) is 6.55. The summed E-state index contributed by atoms with van der Waals surface area (Å²) in [5.74, 6) is 0. The van der Waals surface area contributed by atoms with Crippen molar-refractivity contribution in [1.82, 2.24) is 4.98 Å². The Kier molecular flexibility index (Phi) is 5.11. The van der Waals surface area contributed by atoms with Gasteiger partial charge in [0.15, 0.2) is 0 Å². The molecule has 1 atom stereocenters. The van der Waals surface area contributed by atoms with Gasteiger partial charge in [0.05, 0.1) is 0 Å². The highest BCUT2D eigenvalue weighted by Gasteiger charge is 2.06. The average Bonchev–Trinajstić information content (AvgIpc) is 2.40. The van der Waals surface area contributed by atoms with Gasteiger partial charge < -0.3 is 5.73 Å². The van der Waals surface area contributed by atoms with Crippen LogP contribution in [0.25, 0.3) is 0 Å². The molecule has 1 aromatic carbocycles. The molecule has 0 aliphatic rings. The molecule has 3 heteroatoms. The molecule has 100 valence electrons. The lowest BCUT2D eigenvalue weighted by atomic mass is 9.99. The van der Waals surface area contributed by atoms with Gasteiger partial charge in [-0.05, 0) is 59.0 Å². The SMILES string of the molecule is Cc1ccccc1CCC(N)Cc1ccc(Br)cn1. The Balaban J connectivity index is 1.86. The van der Waals surface area contributed by atoms with Gasteiger partial charge in [0.25, 0.3) is 0 Å². The van der Waals surface area contributed by atoms with Gasteiger partial charge in [-0.15, -0.1) is 0 Å². The van der Waals surface area contributed by atoms with Crippen LogP contribution in [0.4, 0.5) is 0 Å². The van der Waals surface area contributed by atoms with Crippen molar-refractivity contribution in [1.29, 1.82) is 0 Å². The van der Waals surface area contributed by atoms with E-state index in [1.165, 1.54) is 11.1 Å². The lowest BCUT2D eigenvalue weighted by Crippen LogP contribution is -2.24. The van der Waals surface area contributed by atoms with Crippen LogP contribution in [0.2, 0.25) is 0 Å². The van der Waals surface area contributed by atoms with Gasteiger partial charge in [-0.3, -0.25) is 4.98 Å². The average molecular weight is 319 g/mol. The number of hydrogen-bond donors (Lipinski definition) is 1. The molecule has 0 aliphatic carbocycles. The zero-order valence-electron chi connectivity index (χ0n) is 11.1. The largest absolute Gasteiger partial charge is 0.327 e. The number of aryl methyl sites for hydroxylation is 2. The highest BCUT2D eigenvalue weighted by Crippen LogP contribution is 2.13. The third-order valence-electron chi connectivity index (χ3n) is 3.31. The molecule has 0 radical (unpaired) electrons. The Labute approximate surface area is 123 Å². The third kappa shape index (κ3) is 4.44. The Bertz CT molecular complexity index is 523. The first kappa shape index (κ1) is 14.2. The molecule has 2 rings (SSSR count). The summed E-state index contributed by atoms with van der Waals surface area (Å²) in [5, 5.41) is 0. The van der Waals surface area contributed by atoms with Crippen LogP contribution in [0.15, 0.2) is 47.1 Å². The van der Waals surface area contributed by atoms with Crippen molar-refractivity contribution in [2.24, 2.45) is 5.73 Å². The van der Waals surface area contributed by atoms with E-state index in [2.05, 4.69) is 52.1 Å². The summed E-state index contributed by atoms with van der Waals surface area (Å²) in [6, 6.07) is 12.7. The van der Waals surface area contributed by atoms with E-state index in [9.17, 15) is 0 Å². The fourth-order valence-corrected chi connectivity index (χ4v) is 2.36. The van der Waals surface area contributed by atoms with Crippen LogP contribution in [0, 0.1) is 6.92 Å². The second-order valence-corrected chi connectivity index (χ2v) is 5.81. The summed E-state index contributed by atoms with van der Waals surface area (Å²) in [4.78, 5) is 4.36. The number of hydrogen-bond acceptors (Lipinski definition) is 2. The second-order valence-electron chi connectivity index (χ2n) is 4.90. The standard InChI is InChI=1S/C16H19BrN2/c1-12-4-2-3-5-13(12)6-8-15(18)10-16-9-7-14(17)11-19-16/h2-5,7,9,11,15H,6,8,10,18H2,1H3. The first-order valence-corrected chi connectivity index (χ1v) is 7.35. The van der Waals surface area contributed by atoms with Crippen molar-refractivity contribution < 1.29 is 0 Å². The van der Waals surface area contributed by atoms with E-state index in [0.717, 1.165) is 29.4 Å². The van der Waals surface area contributed by atoms with E-state index in [1.54, 1.807) is 0 Å². The van der Waals surface area contributed by atoms with Gasteiger partial charge in [-0.2, -0.15) is 0 Å². The molecule has 0 aliphatic heterocycles. The van der Waals surface area contributed by atoms with E-state index in [-0.39, 0.29) is 6.04 Å². The summed E-state index contributed by atoms with van der Waals surface area (Å²) in [7, 11) is 0. The first-order chi connectivity index (χ1) is 9.15. The van der Waals surface area contributed by atoms with Crippen molar-refractivity contribution in [2.75, 3.05) is 0 Å². The Morgan fingerprint density at radius 3 is 2.68 bits per heavy atom. The highest BCUT2D eigenvalue weighted by atomic mass is 79.9. The molecule has 0 saturated carbocycles. The summed E-state index contributed by atoms with van der Waals surface area (Å²) in [5.41, 5.74) is 9.98. The fraction of sp³-hybridized carbons (Fsp3) is 0.312. The second kappa shape index (κ2) is 6.83. The highest BCUT2D eigenvalue weighted by molar-refractivity contribution is 9.10. The topological polar surface area (TPSA) is 38.9 Å². The summed E-state index contributed by atoms with van der Waals surface area (Å²) < 4.78 is 1.00. The Morgan fingerprint density at radius 1 is 1.21 bits per heavy atom. The smallest absolute Gasteiger partial charge is 0.0419 e. The van der Waals surface area contributed by atoms with Crippen LogP contribution < -0.4 is 5.73 Å². The molecule has 0 fully saturated rings. The molecule has 2 aromatic rings. The molecular formula is C16H19BrN2. The van der Waals surface area contributed by atoms with Crippen molar-refractivity contribution in [3.8, 4) is 0 Å². The maximum absolute atomic E-state index is 6.19. The van der Waals surface area contributed by atoms with Gasteiger partial charge in [-0.25, -0.2) is 0 Å². The third-order valence-corrected chi connectivity index (χ3v) is 3.77. The maximum atomic E-state index is 6.19. The molecule has 1 aromatic heterocycles. The quantitative estimate of drug-likeness (QED) is 0.913. The molecule has 0 amide bonds. The zero-order chi connectivity index (χ0) is 13.7. The number of aromatic nitrogens is 1. The van der Waals surface area contributed by atoms with E-state index < -0.39 is 0 Å². The Morgan fingerprint density at radius 2 is 2.00 bits per heavy atom. The fourth-order valence-electron chi connectivity index (χ4n) is 2.13. The number of benzene rings is 1. The van der Waals surface area contributed by atoms with Crippen molar-refractivity contribution in [2.45, 2.75) is 32.2 Å². The van der Waals surface area contributed by atoms with Gasteiger partial charge >= 0.3 is 0 Å². The van der Waals surface area contributed by atoms with Crippen molar-refractivity contribution in [3.63, 3.8) is 0 Å². The number of rotatable bonds is 5. The molecule has 0 saturated heterocycles. The van der Waals surface area contributed by atoms with Gasteiger partial charge in [0, 0.05) is 28.8 Å². The molecule has 19 heavy (non-hydrogen) atoms. The van der Waals surface area contributed by atoms with E-state index in [0.29, 0.717) is 0 Å². The van der Waals surface area contributed by atoms with Crippen LogP contribution in [0.1, 0.15) is 23.2 Å². The molecule has 1 unspecified atom stereocenters. The molecule has 0 spiro atoms.